The molecule has 0 aromatic heterocycles. The van der Waals surface area contributed by atoms with Crippen LogP contribution in [0, 0.1) is 6.92 Å². The summed E-state index contributed by atoms with van der Waals surface area (Å²) in [5.41, 5.74) is 1.80. The van der Waals surface area contributed by atoms with Gasteiger partial charge in [0.2, 0.25) is 10.0 Å². The van der Waals surface area contributed by atoms with Crippen molar-refractivity contribution in [3.05, 3.63) is 64.7 Å². The van der Waals surface area contributed by atoms with Gasteiger partial charge in [-0.2, -0.15) is 4.31 Å². The maximum absolute atomic E-state index is 13.3. The first-order valence-electron chi connectivity index (χ1n) is 8.33. The fourth-order valence-electron chi connectivity index (χ4n) is 3.36. The predicted octanol–water partition coefficient (Wildman–Crippen LogP) is 4.95. The first-order chi connectivity index (χ1) is 11.5. The third-order valence-electron chi connectivity index (χ3n) is 4.64. The Labute approximate surface area is 149 Å². The summed E-state index contributed by atoms with van der Waals surface area (Å²) in [6, 6.07) is 14.6. The van der Waals surface area contributed by atoms with E-state index in [0.717, 1.165) is 36.8 Å². The van der Waals surface area contributed by atoms with Crippen molar-refractivity contribution < 1.29 is 8.42 Å². The van der Waals surface area contributed by atoms with Gasteiger partial charge in [0.05, 0.1) is 10.9 Å². The van der Waals surface area contributed by atoms with Gasteiger partial charge in [0.25, 0.3) is 0 Å². The van der Waals surface area contributed by atoms with Crippen molar-refractivity contribution in [3.8, 4) is 0 Å². The average Bonchev–Trinajstić information content (AvgIpc) is 2.82. The van der Waals surface area contributed by atoms with E-state index in [4.69, 9.17) is 11.6 Å². The third kappa shape index (κ3) is 3.51. The second-order valence-electron chi connectivity index (χ2n) is 6.30. The van der Waals surface area contributed by atoms with Gasteiger partial charge in [0.15, 0.2) is 0 Å². The summed E-state index contributed by atoms with van der Waals surface area (Å²) in [5.74, 6) is 0. The van der Waals surface area contributed by atoms with Crippen LogP contribution in [0.25, 0.3) is 0 Å². The summed E-state index contributed by atoms with van der Waals surface area (Å²) in [4.78, 5) is 0.408. The molecule has 128 valence electrons. The maximum atomic E-state index is 13.3. The molecular weight excluding hydrogens is 342 g/mol. The number of hydrogen-bond donors (Lipinski definition) is 0. The van der Waals surface area contributed by atoms with Crippen LogP contribution in [0.3, 0.4) is 0 Å². The van der Waals surface area contributed by atoms with Gasteiger partial charge in [-0.05, 0) is 49.1 Å². The van der Waals surface area contributed by atoms with Crippen LogP contribution < -0.4 is 0 Å². The first kappa shape index (κ1) is 17.5. The SMILES string of the molecule is Cc1ccccc1S(=O)(=O)N1CCCCCC1c1ccc(Cl)cc1. The standard InChI is InChI=1S/C19H22ClNO2S/c1-15-7-4-5-9-19(15)24(22,23)21-14-6-2-3-8-18(21)16-10-12-17(20)13-11-16/h4-5,7,9-13,18H,2-3,6,8,14H2,1H3. The lowest BCUT2D eigenvalue weighted by molar-refractivity contribution is 0.329. The largest absolute Gasteiger partial charge is 0.243 e. The molecule has 2 aromatic carbocycles. The zero-order valence-electron chi connectivity index (χ0n) is 13.8. The molecule has 0 amide bonds. The molecule has 24 heavy (non-hydrogen) atoms. The molecule has 0 bridgehead atoms. The minimum atomic E-state index is -3.52. The molecule has 0 radical (unpaired) electrons. The number of aryl methyl sites for hydroxylation is 1. The highest BCUT2D eigenvalue weighted by atomic mass is 35.5. The van der Waals surface area contributed by atoms with Crippen molar-refractivity contribution in [3.63, 3.8) is 0 Å². The van der Waals surface area contributed by atoms with Crippen molar-refractivity contribution in [2.75, 3.05) is 6.54 Å². The normalized spacial score (nSPS) is 19.8. The monoisotopic (exact) mass is 363 g/mol. The van der Waals surface area contributed by atoms with E-state index in [0.29, 0.717) is 16.5 Å². The molecule has 0 saturated carbocycles. The van der Waals surface area contributed by atoms with Crippen LogP contribution in [-0.2, 0) is 10.0 Å². The Morgan fingerprint density at radius 3 is 2.42 bits per heavy atom. The Hall–Kier alpha value is -1.36. The molecule has 1 unspecified atom stereocenters. The Balaban J connectivity index is 2.04. The molecule has 1 heterocycles. The number of halogens is 1. The first-order valence-corrected chi connectivity index (χ1v) is 10.1. The van der Waals surface area contributed by atoms with E-state index in [1.165, 1.54) is 0 Å². The topological polar surface area (TPSA) is 37.4 Å². The number of rotatable bonds is 3. The number of sulfonamides is 1. The highest BCUT2D eigenvalue weighted by Crippen LogP contribution is 2.35. The molecule has 1 atom stereocenters. The Morgan fingerprint density at radius 2 is 1.71 bits per heavy atom. The molecule has 1 saturated heterocycles. The van der Waals surface area contributed by atoms with Gasteiger partial charge in [0.1, 0.15) is 0 Å². The van der Waals surface area contributed by atoms with Crippen molar-refractivity contribution in [2.45, 2.75) is 43.5 Å². The van der Waals surface area contributed by atoms with E-state index in [-0.39, 0.29) is 6.04 Å². The number of hydrogen-bond acceptors (Lipinski definition) is 2. The van der Waals surface area contributed by atoms with Crippen LogP contribution in [-0.4, -0.2) is 19.3 Å². The molecule has 0 N–H and O–H groups in total. The fraction of sp³-hybridized carbons (Fsp3) is 0.368. The smallest absolute Gasteiger partial charge is 0.207 e. The molecule has 0 spiro atoms. The van der Waals surface area contributed by atoms with Gasteiger partial charge >= 0.3 is 0 Å². The molecule has 2 aromatic rings. The molecule has 3 nitrogen and oxygen atoms in total. The molecule has 3 rings (SSSR count). The van der Waals surface area contributed by atoms with Gasteiger partial charge in [-0.25, -0.2) is 8.42 Å². The van der Waals surface area contributed by atoms with Crippen molar-refractivity contribution in [1.29, 1.82) is 0 Å². The summed E-state index contributed by atoms with van der Waals surface area (Å²) in [7, 11) is -3.52. The second kappa shape index (κ2) is 7.26. The van der Waals surface area contributed by atoms with Crippen molar-refractivity contribution in [2.24, 2.45) is 0 Å². The highest BCUT2D eigenvalue weighted by Gasteiger charge is 2.34. The van der Waals surface area contributed by atoms with Gasteiger partial charge in [-0.3, -0.25) is 0 Å². The zero-order chi connectivity index (χ0) is 17.2. The van der Waals surface area contributed by atoms with E-state index in [9.17, 15) is 8.42 Å². The maximum Gasteiger partial charge on any atom is 0.243 e. The average molecular weight is 364 g/mol. The quantitative estimate of drug-likeness (QED) is 0.773. The molecular formula is C19H22ClNO2S. The van der Waals surface area contributed by atoms with E-state index in [2.05, 4.69) is 0 Å². The second-order valence-corrected chi connectivity index (χ2v) is 8.59. The molecule has 5 heteroatoms. The van der Waals surface area contributed by atoms with Crippen LogP contribution in [0.1, 0.15) is 42.9 Å². The molecule has 0 aliphatic carbocycles. The van der Waals surface area contributed by atoms with E-state index in [1.807, 2.05) is 43.3 Å². The number of nitrogens with zero attached hydrogens (tertiary/aromatic N) is 1. The zero-order valence-corrected chi connectivity index (χ0v) is 15.4. The third-order valence-corrected chi connectivity index (χ3v) is 6.96. The Bertz CT molecular complexity index is 802. The summed E-state index contributed by atoms with van der Waals surface area (Å²) < 4.78 is 28.3. The van der Waals surface area contributed by atoms with Crippen molar-refractivity contribution >= 4 is 21.6 Å². The lowest BCUT2D eigenvalue weighted by Crippen LogP contribution is -2.35. The van der Waals surface area contributed by atoms with E-state index >= 15 is 0 Å². The van der Waals surface area contributed by atoms with E-state index < -0.39 is 10.0 Å². The Morgan fingerprint density at radius 1 is 1.00 bits per heavy atom. The lowest BCUT2D eigenvalue weighted by Gasteiger charge is -2.30. The fourth-order valence-corrected chi connectivity index (χ4v) is 5.40. The lowest BCUT2D eigenvalue weighted by atomic mass is 10.0. The summed E-state index contributed by atoms with van der Waals surface area (Å²) >= 11 is 5.99. The predicted molar refractivity (Wildman–Crippen MR) is 97.7 cm³/mol. The summed E-state index contributed by atoms with van der Waals surface area (Å²) in [5, 5.41) is 0.667. The van der Waals surface area contributed by atoms with Crippen LogP contribution in [0.15, 0.2) is 53.4 Å². The molecule has 1 aliphatic heterocycles. The minimum Gasteiger partial charge on any atom is -0.207 e. The summed E-state index contributed by atoms with van der Waals surface area (Å²) in [6.45, 7) is 2.41. The van der Waals surface area contributed by atoms with Crippen LogP contribution in [0.5, 0.6) is 0 Å². The van der Waals surface area contributed by atoms with Crippen LogP contribution in [0.4, 0.5) is 0 Å². The van der Waals surface area contributed by atoms with Crippen LogP contribution >= 0.6 is 11.6 Å². The van der Waals surface area contributed by atoms with Crippen molar-refractivity contribution in [1.82, 2.24) is 4.31 Å². The minimum absolute atomic E-state index is 0.130. The number of benzene rings is 2. The molecule has 1 fully saturated rings. The summed E-state index contributed by atoms with van der Waals surface area (Å²) in [6.07, 6.45) is 3.83. The van der Waals surface area contributed by atoms with Gasteiger partial charge in [-0.15, -0.1) is 0 Å². The van der Waals surface area contributed by atoms with Crippen LogP contribution in [0.2, 0.25) is 5.02 Å². The van der Waals surface area contributed by atoms with E-state index in [1.54, 1.807) is 16.4 Å². The Kier molecular flexibility index (Phi) is 5.28. The van der Waals surface area contributed by atoms with Gasteiger partial charge in [0, 0.05) is 11.6 Å². The van der Waals surface area contributed by atoms with Gasteiger partial charge < -0.3 is 0 Å². The molecule has 1 aliphatic rings. The van der Waals surface area contributed by atoms with Gasteiger partial charge in [-0.1, -0.05) is 54.8 Å². The highest BCUT2D eigenvalue weighted by molar-refractivity contribution is 7.89.